The van der Waals surface area contributed by atoms with Gasteiger partial charge in [-0.25, -0.2) is 4.98 Å². The number of benzene rings is 2. The minimum absolute atomic E-state index is 0.151. The lowest BCUT2D eigenvalue weighted by Crippen LogP contribution is -2.14. The van der Waals surface area contributed by atoms with E-state index in [4.69, 9.17) is 16.3 Å². The number of carbonyl (C=O) groups is 1. The fraction of sp³-hybridized carbons (Fsp3) is 0.211. The molecule has 0 aliphatic heterocycles. The number of aromatic amines is 1. The Kier molecular flexibility index (Phi) is 6.36. The molecule has 2 aromatic carbocycles. The molecule has 140 valence electrons. The number of carbonyl (C=O) groups excluding carboxylic acids is 1. The Balaban J connectivity index is 1.46. The summed E-state index contributed by atoms with van der Waals surface area (Å²) in [5.74, 6) is 1.41. The van der Waals surface area contributed by atoms with Gasteiger partial charge in [-0.1, -0.05) is 47.1 Å². The van der Waals surface area contributed by atoms with E-state index in [0.29, 0.717) is 21.7 Å². The van der Waals surface area contributed by atoms with Crippen molar-refractivity contribution in [3.63, 3.8) is 0 Å². The number of hydrogen-bond acceptors (Lipinski definition) is 5. The van der Waals surface area contributed by atoms with Crippen LogP contribution in [-0.4, -0.2) is 26.8 Å². The van der Waals surface area contributed by atoms with Crippen LogP contribution in [0.3, 0.4) is 0 Å². The van der Waals surface area contributed by atoms with Crippen molar-refractivity contribution in [1.82, 2.24) is 15.2 Å². The van der Waals surface area contributed by atoms with Crippen LogP contribution in [0.15, 0.2) is 47.6 Å². The Labute approximate surface area is 166 Å². The van der Waals surface area contributed by atoms with Crippen molar-refractivity contribution < 1.29 is 9.53 Å². The zero-order valence-corrected chi connectivity index (χ0v) is 16.5. The molecule has 1 amide bonds. The summed E-state index contributed by atoms with van der Waals surface area (Å²) in [4.78, 5) is 16.4. The summed E-state index contributed by atoms with van der Waals surface area (Å²) in [6.07, 6.45) is 0. The van der Waals surface area contributed by atoms with Crippen LogP contribution in [0, 0.1) is 13.8 Å². The van der Waals surface area contributed by atoms with E-state index in [9.17, 15) is 4.79 Å². The second-order valence-electron chi connectivity index (χ2n) is 5.97. The first-order valence-corrected chi connectivity index (χ1v) is 9.65. The number of anilines is 1. The van der Waals surface area contributed by atoms with Gasteiger partial charge >= 0.3 is 0 Å². The van der Waals surface area contributed by atoms with Crippen LogP contribution in [0.4, 0.5) is 5.69 Å². The highest BCUT2D eigenvalue weighted by atomic mass is 35.5. The zero-order chi connectivity index (χ0) is 19.2. The largest absolute Gasteiger partial charge is 0.486 e. The molecule has 0 aliphatic rings. The minimum atomic E-state index is -0.151. The van der Waals surface area contributed by atoms with E-state index in [1.165, 1.54) is 17.3 Å². The van der Waals surface area contributed by atoms with E-state index >= 15 is 0 Å². The van der Waals surface area contributed by atoms with Gasteiger partial charge in [0, 0.05) is 10.7 Å². The number of aromatic nitrogens is 3. The van der Waals surface area contributed by atoms with Gasteiger partial charge in [-0.15, -0.1) is 5.10 Å². The van der Waals surface area contributed by atoms with Crippen molar-refractivity contribution in [3.05, 3.63) is 64.4 Å². The van der Waals surface area contributed by atoms with Gasteiger partial charge in [0.05, 0.1) is 5.75 Å². The molecule has 0 saturated heterocycles. The number of rotatable bonds is 7. The monoisotopic (exact) mass is 402 g/mol. The van der Waals surface area contributed by atoms with Crippen LogP contribution in [0.2, 0.25) is 5.02 Å². The summed E-state index contributed by atoms with van der Waals surface area (Å²) in [6.45, 7) is 4.21. The predicted octanol–water partition coefficient (Wildman–Crippen LogP) is 4.38. The number of nitrogens with one attached hydrogen (secondary N) is 2. The van der Waals surface area contributed by atoms with Crippen molar-refractivity contribution in [2.24, 2.45) is 0 Å². The van der Waals surface area contributed by atoms with Gasteiger partial charge in [0.2, 0.25) is 11.1 Å². The quantitative estimate of drug-likeness (QED) is 0.573. The average Bonchev–Trinajstić information content (AvgIpc) is 3.11. The van der Waals surface area contributed by atoms with Crippen LogP contribution in [-0.2, 0) is 11.4 Å². The third-order valence-corrected chi connectivity index (χ3v) is 4.95. The predicted molar refractivity (Wildman–Crippen MR) is 107 cm³/mol. The van der Waals surface area contributed by atoms with Crippen molar-refractivity contribution in [2.45, 2.75) is 25.6 Å². The molecule has 1 aromatic heterocycles. The Morgan fingerprint density at radius 2 is 2.00 bits per heavy atom. The molecule has 0 fully saturated rings. The molecule has 2 N–H and O–H groups in total. The van der Waals surface area contributed by atoms with Crippen molar-refractivity contribution in [2.75, 3.05) is 11.1 Å². The van der Waals surface area contributed by atoms with E-state index < -0.39 is 0 Å². The van der Waals surface area contributed by atoms with Crippen molar-refractivity contribution >= 4 is 35.0 Å². The molecule has 27 heavy (non-hydrogen) atoms. The number of halogens is 1. The van der Waals surface area contributed by atoms with E-state index in [-0.39, 0.29) is 18.3 Å². The van der Waals surface area contributed by atoms with E-state index in [2.05, 4.69) is 20.5 Å². The fourth-order valence-corrected chi connectivity index (χ4v) is 2.99. The summed E-state index contributed by atoms with van der Waals surface area (Å²) in [5, 5.41) is 10.8. The summed E-state index contributed by atoms with van der Waals surface area (Å²) in [7, 11) is 0. The van der Waals surface area contributed by atoms with Crippen molar-refractivity contribution in [1.29, 1.82) is 0 Å². The molecule has 0 unspecified atom stereocenters. The number of nitrogens with zero attached hydrogens (tertiary/aromatic N) is 2. The Morgan fingerprint density at radius 3 is 2.74 bits per heavy atom. The lowest BCUT2D eigenvalue weighted by Gasteiger charge is -2.06. The molecule has 0 atom stereocenters. The summed E-state index contributed by atoms with van der Waals surface area (Å²) < 4.78 is 5.65. The average molecular weight is 403 g/mol. The Bertz CT molecular complexity index is 928. The van der Waals surface area contributed by atoms with Crippen LogP contribution >= 0.6 is 23.4 Å². The fourth-order valence-electron chi connectivity index (χ4n) is 2.19. The van der Waals surface area contributed by atoms with E-state index in [1.54, 1.807) is 6.07 Å². The first kappa shape index (κ1) is 19.3. The molecule has 0 radical (unpaired) electrons. The molecule has 0 saturated carbocycles. The smallest absolute Gasteiger partial charge is 0.234 e. The SMILES string of the molecule is Cc1ccc(OCc2nc(SCC(=O)Nc3ccc(C)c(Cl)c3)n[nH]2)cc1. The van der Waals surface area contributed by atoms with Gasteiger partial charge in [-0.2, -0.15) is 0 Å². The Hall–Kier alpha value is -2.51. The Morgan fingerprint density at radius 1 is 1.22 bits per heavy atom. The third kappa shape index (κ3) is 5.74. The third-order valence-electron chi connectivity index (χ3n) is 3.70. The first-order chi connectivity index (χ1) is 13.0. The maximum absolute atomic E-state index is 12.1. The number of amides is 1. The van der Waals surface area contributed by atoms with Crippen molar-refractivity contribution in [3.8, 4) is 5.75 Å². The lowest BCUT2D eigenvalue weighted by atomic mass is 10.2. The van der Waals surface area contributed by atoms with Gasteiger partial charge in [-0.3, -0.25) is 9.89 Å². The highest BCUT2D eigenvalue weighted by molar-refractivity contribution is 7.99. The first-order valence-electron chi connectivity index (χ1n) is 8.29. The number of hydrogen-bond donors (Lipinski definition) is 2. The maximum Gasteiger partial charge on any atom is 0.234 e. The van der Waals surface area contributed by atoms with Crippen LogP contribution < -0.4 is 10.1 Å². The molecule has 8 heteroatoms. The van der Waals surface area contributed by atoms with Crippen LogP contribution in [0.5, 0.6) is 5.75 Å². The van der Waals surface area contributed by atoms with Gasteiger partial charge in [0.25, 0.3) is 0 Å². The molecule has 0 aliphatic carbocycles. The molecular weight excluding hydrogens is 384 g/mol. The lowest BCUT2D eigenvalue weighted by molar-refractivity contribution is -0.113. The number of ether oxygens (including phenoxy) is 1. The summed E-state index contributed by atoms with van der Waals surface area (Å²) in [5.41, 5.74) is 2.80. The molecular formula is C19H19ClN4O2S. The number of aryl methyl sites for hydroxylation is 2. The molecule has 1 heterocycles. The second-order valence-corrected chi connectivity index (χ2v) is 7.32. The molecule has 6 nitrogen and oxygen atoms in total. The zero-order valence-electron chi connectivity index (χ0n) is 15.0. The normalized spacial score (nSPS) is 10.6. The van der Waals surface area contributed by atoms with Gasteiger partial charge in [0.1, 0.15) is 12.4 Å². The van der Waals surface area contributed by atoms with E-state index in [0.717, 1.165) is 11.3 Å². The minimum Gasteiger partial charge on any atom is -0.486 e. The number of thioether (sulfide) groups is 1. The van der Waals surface area contributed by atoms with E-state index in [1.807, 2.05) is 50.2 Å². The second kappa shape index (κ2) is 8.92. The topological polar surface area (TPSA) is 79.9 Å². The summed E-state index contributed by atoms with van der Waals surface area (Å²) in [6, 6.07) is 13.2. The maximum atomic E-state index is 12.1. The number of H-pyrrole nitrogens is 1. The summed E-state index contributed by atoms with van der Waals surface area (Å²) >= 11 is 7.31. The van der Waals surface area contributed by atoms with Crippen LogP contribution in [0.1, 0.15) is 17.0 Å². The van der Waals surface area contributed by atoms with Gasteiger partial charge in [-0.05, 0) is 43.7 Å². The molecule has 0 bridgehead atoms. The molecule has 3 aromatic rings. The highest BCUT2D eigenvalue weighted by Gasteiger charge is 2.09. The van der Waals surface area contributed by atoms with Crippen LogP contribution in [0.25, 0.3) is 0 Å². The highest BCUT2D eigenvalue weighted by Crippen LogP contribution is 2.21. The van der Waals surface area contributed by atoms with Gasteiger partial charge in [0.15, 0.2) is 5.82 Å². The standard InChI is InChI=1S/C19H19ClN4O2S/c1-12-3-7-15(8-4-12)26-10-17-22-19(24-23-17)27-11-18(25)21-14-6-5-13(2)16(20)9-14/h3-9H,10-11H2,1-2H3,(H,21,25)(H,22,23,24). The van der Waals surface area contributed by atoms with Gasteiger partial charge < -0.3 is 10.1 Å². The molecule has 3 rings (SSSR count). The molecule has 0 spiro atoms.